The Balaban J connectivity index is 1.42. The Bertz CT molecular complexity index is 1080. The summed E-state index contributed by atoms with van der Waals surface area (Å²) < 4.78 is 5.36. The molecule has 2 amide bonds. The molecule has 34 heavy (non-hydrogen) atoms. The fourth-order valence-corrected chi connectivity index (χ4v) is 5.33. The minimum atomic E-state index is -0.846. The molecule has 0 bridgehead atoms. The summed E-state index contributed by atoms with van der Waals surface area (Å²) in [7, 11) is 0. The van der Waals surface area contributed by atoms with Gasteiger partial charge >= 0.3 is 0 Å². The summed E-state index contributed by atoms with van der Waals surface area (Å²) in [6.45, 7) is 7.72. The first-order valence-electron chi connectivity index (χ1n) is 11.3. The lowest BCUT2D eigenvalue weighted by Gasteiger charge is -2.28. The molecule has 0 unspecified atom stereocenters. The van der Waals surface area contributed by atoms with E-state index in [1.165, 1.54) is 9.81 Å². The number of hydrogen-bond acceptors (Lipinski definition) is 8. The van der Waals surface area contributed by atoms with Gasteiger partial charge < -0.3 is 24.7 Å². The van der Waals surface area contributed by atoms with Crippen molar-refractivity contribution < 1.29 is 24.1 Å². The second-order valence-electron chi connectivity index (χ2n) is 9.00. The third-order valence-corrected chi connectivity index (χ3v) is 7.15. The van der Waals surface area contributed by atoms with E-state index in [2.05, 4.69) is 16.0 Å². The van der Waals surface area contributed by atoms with Crippen LogP contribution in [-0.4, -0.2) is 51.5 Å². The number of allylic oxidation sites excluding steroid dienone is 1. The van der Waals surface area contributed by atoms with Crippen molar-refractivity contribution in [3.05, 3.63) is 53.0 Å². The van der Waals surface area contributed by atoms with Gasteiger partial charge in [-0.1, -0.05) is 19.0 Å². The Kier molecular flexibility index (Phi) is 7.18. The number of nitrogens with zero attached hydrogens (tertiary/aromatic N) is 2. The maximum absolute atomic E-state index is 13.4. The lowest BCUT2D eigenvalue weighted by atomic mass is 9.91. The van der Waals surface area contributed by atoms with Gasteiger partial charge in [-0.3, -0.25) is 9.59 Å². The summed E-state index contributed by atoms with van der Waals surface area (Å²) in [4.78, 5) is 34.4. The van der Waals surface area contributed by atoms with Gasteiger partial charge in [0.15, 0.2) is 5.75 Å². The van der Waals surface area contributed by atoms with Crippen molar-refractivity contribution in [3.8, 4) is 5.75 Å². The van der Waals surface area contributed by atoms with Gasteiger partial charge in [0, 0.05) is 29.6 Å². The highest BCUT2D eigenvalue weighted by Crippen LogP contribution is 2.34. The van der Waals surface area contributed by atoms with Crippen LogP contribution in [0.15, 0.2) is 40.6 Å². The Morgan fingerprint density at radius 2 is 2.03 bits per heavy atom. The van der Waals surface area contributed by atoms with E-state index < -0.39 is 24.0 Å². The van der Waals surface area contributed by atoms with E-state index in [1.807, 2.05) is 32.9 Å². The van der Waals surface area contributed by atoms with Crippen LogP contribution in [0.2, 0.25) is 0 Å². The molecule has 0 radical (unpaired) electrons. The average Bonchev–Trinajstić information content (AvgIpc) is 3.52. The molecule has 0 spiro atoms. The number of carbonyl (C=O) groups is 2. The summed E-state index contributed by atoms with van der Waals surface area (Å²) in [5.41, 5.74) is 5.33. The van der Waals surface area contributed by atoms with E-state index in [1.54, 1.807) is 36.9 Å². The molecule has 2 aromatic rings. The van der Waals surface area contributed by atoms with Gasteiger partial charge in [-0.15, -0.1) is 11.8 Å². The molecule has 1 aromatic heterocycles. The zero-order valence-corrected chi connectivity index (χ0v) is 20.5. The number of aliphatic hydroxyl groups excluding tert-OH is 1. The molecule has 0 aliphatic carbocycles. The number of thioether (sulfide) groups is 1. The SMILES string of the molecule is CC1=C(c2ccc(ONC(=O)[C@@H]3C[C@@H](O)CN3C(=O)[C@@H](c3cc(C)no3)C(C)C)cc2)SCN1. The zero-order chi connectivity index (χ0) is 24.4. The number of rotatable bonds is 7. The number of hydrogen-bond donors (Lipinski definition) is 3. The number of carbonyl (C=O) groups excluding carboxylic acids is 2. The fraction of sp³-hybridized carbons (Fsp3) is 0.458. The minimum Gasteiger partial charge on any atom is -0.391 e. The van der Waals surface area contributed by atoms with E-state index in [-0.39, 0.29) is 24.8 Å². The second-order valence-corrected chi connectivity index (χ2v) is 9.99. The number of amides is 2. The predicted molar refractivity (Wildman–Crippen MR) is 128 cm³/mol. The number of likely N-dealkylation sites (tertiary alicyclic amines) is 1. The maximum atomic E-state index is 13.4. The normalized spacial score (nSPS) is 21.1. The predicted octanol–water partition coefficient (Wildman–Crippen LogP) is 2.78. The van der Waals surface area contributed by atoms with E-state index >= 15 is 0 Å². The van der Waals surface area contributed by atoms with Crippen molar-refractivity contribution in [1.29, 1.82) is 0 Å². The zero-order valence-electron chi connectivity index (χ0n) is 19.7. The van der Waals surface area contributed by atoms with E-state index in [0.717, 1.165) is 17.1 Å². The van der Waals surface area contributed by atoms with E-state index in [9.17, 15) is 14.7 Å². The molecule has 1 fully saturated rings. The maximum Gasteiger partial charge on any atom is 0.275 e. The first kappa shape index (κ1) is 24.2. The molecule has 3 atom stereocenters. The Morgan fingerprint density at radius 1 is 1.29 bits per heavy atom. The van der Waals surface area contributed by atoms with Crippen molar-refractivity contribution >= 4 is 28.5 Å². The molecule has 182 valence electrons. The molecule has 4 rings (SSSR count). The number of benzene rings is 1. The molecule has 9 nitrogen and oxygen atoms in total. The van der Waals surface area contributed by atoms with Gasteiger partial charge in [-0.05, 0) is 49.6 Å². The van der Waals surface area contributed by atoms with Crippen LogP contribution in [0.1, 0.15) is 50.1 Å². The van der Waals surface area contributed by atoms with Crippen molar-refractivity contribution in [2.45, 2.75) is 52.2 Å². The van der Waals surface area contributed by atoms with Crippen molar-refractivity contribution in [2.24, 2.45) is 5.92 Å². The summed E-state index contributed by atoms with van der Waals surface area (Å²) in [6, 6.07) is 8.31. The van der Waals surface area contributed by atoms with Crippen LogP contribution in [0.25, 0.3) is 4.91 Å². The molecule has 1 aromatic carbocycles. The van der Waals surface area contributed by atoms with Crippen LogP contribution in [0.4, 0.5) is 0 Å². The third kappa shape index (κ3) is 5.07. The number of hydroxylamine groups is 1. The summed E-state index contributed by atoms with van der Waals surface area (Å²) in [6.07, 6.45) is -0.657. The Hall–Kier alpha value is -2.98. The quantitative estimate of drug-likeness (QED) is 0.512. The van der Waals surface area contributed by atoms with Crippen LogP contribution >= 0.6 is 11.8 Å². The number of aliphatic hydroxyl groups is 1. The molecule has 10 heteroatoms. The topological polar surface area (TPSA) is 117 Å². The van der Waals surface area contributed by atoms with Gasteiger partial charge in [0.2, 0.25) is 5.91 Å². The van der Waals surface area contributed by atoms with E-state index in [0.29, 0.717) is 17.2 Å². The summed E-state index contributed by atoms with van der Waals surface area (Å²) in [5, 5.41) is 17.4. The number of aromatic nitrogens is 1. The highest BCUT2D eigenvalue weighted by Gasteiger charge is 2.43. The summed E-state index contributed by atoms with van der Waals surface area (Å²) >= 11 is 1.74. The number of nitrogens with one attached hydrogen (secondary N) is 2. The van der Waals surface area contributed by atoms with E-state index in [4.69, 9.17) is 9.36 Å². The summed E-state index contributed by atoms with van der Waals surface area (Å²) in [5.74, 6) is 0.332. The molecule has 3 heterocycles. The lowest BCUT2D eigenvalue weighted by Crippen LogP contribution is -2.48. The third-order valence-electron chi connectivity index (χ3n) is 6.03. The smallest absolute Gasteiger partial charge is 0.275 e. The standard InChI is InChI=1S/C24H30N4O5S/c1-13(2)21(20-9-14(3)26-33-20)24(31)28-11-17(29)10-19(28)23(30)27-32-18-7-5-16(6-8-18)22-15(4)25-12-34-22/h5-9,13,17,19,21,25,29H,10-12H2,1-4H3,(H,27,30)/t17-,19+,21-/m1/s1. The first-order chi connectivity index (χ1) is 16.2. The van der Waals surface area contributed by atoms with Crippen LogP contribution in [-0.2, 0) is 9.59 Å². The first-order valence-corrected chi connectivity index (χ1v) is 12.3. The molecule has 2 aliphatic rings. The van der Waals surface area contributed by atoms with Gasteiger partial charge in [0.05, 0.1) is 17.7 Å². The largest absolute Gasteiger partial charge is 0.391 e. The van der Waals surface area contributed by atoms with Gasteiger partial charge in [-0.25, -0.2) is 0 Å². The number of β-amino-alcohol motifs (C(OH)–C–C–N with tert-alkyl or cyclic N) is 1. The highest BCUT2D eigenvalue weighted by molar-refractivity contribution is 8.08. The molecule has 3 N–H and O–H groups in total. The van der Waals surface area contributed by atoms with Crippen molar-refractivity contribution in [3.63, 3.8) is 0 Å². The molecular formula is C24H30N4O5S. The van der Waals surface area contributed by atoms with Gasteiger partial charge in [-0.2, -0.15) is 5.48 Å². The van der Waals surface area contributed by atoms with Crippen LogP contribution < -0.4 is 15.6 Å². The monoisotopic (exact) mass is 486 g/mol. The minimum absolute atomic E-state index is 0.0715. The lowest BCUT2D eigenvalue weighted by molar-refractivity contribution is -0.143. The average molecular weight is 487 g/mol. The second kappa shape index (κ2) is 10.1. The van der Waals surface area contributed by atoms with Crippen LogP contribution in [0, 0.1) is 12.8 Å². The Labute approximate surface area is 202 Å². The Morgan fingerprint density at radius 3 is 2.62 bits per heavy atom. The van der Waals surface area contributed by atoms with Crippen molar-refractivity contribution in [2.75, 3.05) is 12.4 Å². The molecule has 2 aliphatic heterocycles. The highest BCUT2D eigenvalue weighted by atomic mass is 32.2. The number of aryl methyl sites for hydroxylation is 1. The van der Waals surface area contributed by atoms with Gasteiger partial charge in [0.1, 0.15) is 17.7 Å². The van der Waals surface area contributed by atoms with Crippen LogP contribution in [0.5, 0.6) is 5.75 Å². The van der Waals surface area contributed by atoms with Crippen molar-refractivity contribution in [1.82, 2.24) is 20.9 Å². The molecular weight excluding hydrogens is 456 g/mol. The van der Waals surface area contributed by atoms with Gasteiger partial charge in [0.25, 0.3) is 5.91 Å². The molecule has 1 saturated heterocycles. The fourth-order valence-electron chi connectivity index (χ4n) is 4.31. The molecule has 0 saturated carbocycles. The van der Waals surface area contributed by atoms with Crippen LogP contribution in [0.3, 0.4) is 0 Å².